The van der Waals surface area contributed by atoms with Crippen molar-refractivity contribution in [1.82, 2.24) is 24.7 Å². The third kappa shape index (κ3) is 3.41. The highest BCUT2D eigenvalue weighted by Gasteiger charge is 2.21. The molecule has 0 spiro atoms. The second-order valence-electron chi connectivity index (χ2n) is 8.36. The monoisotopic (exact) mass is 426 g/mol. The molecule has 3 aromatic heterocycles. The summed E-state index contributed by atoms with van der Waals surface area (Å²) >= 11 is 0. The number of fused-ring (bicyclic) bond motifs is 3. The van der Waals surface area contributed by atoms with E-state index in [0.29, 0.717) is 17.4 Å². The van der Waals surface area contributed by atoms with Gasteiger partial charge < -0.3 is 15.5 Å². The molecule has 8 nitrogen and oxygen atoms in total. The summed E-state index contributed by atoms with van der Waals surface area (Å²) in [5.41, 5.74) is 3.71. The van der Waals surface area contributed by atoms with Crippen molar-refractivity contribution in [3.63, 3.8) is 0 Å². The summed E-state index contributed by atoms with van der Waals surface area (Å²) in [5.74, 6) is 2.34. The highest BCUT2D eigenvalue weighted by atomic mass is 15.3. The van der Waals surface area contributed by atoms with Crippen molar-refractivity contribution in [1.29, 1.82) is 5.26 Å². The van der Waals surface area contributed by atoms with Gasteiger partial charge in [0.15, 0.2) is 0 Å². The largest absolute Gasteiger partial charge is 0.363 e. The molecule has 0 unspecified atom stereocenters. The summed E-state index contributed by atoms with van der Waals surface area (Å²) in [4.78, 5) is 16.3. The Morgan fingerprint density at radius 2 is 2.19 bits per heavy atom. The predicted molar refractivity (Wildman–Crippen MR) is 126 cm³/mol. The molecule has 0 amide bonds. The minimum Gasteiger partial charge on any atom is -0.363 e. The van der Waals surface area contributed by atoms with Gasteiger partial charge in [-0.05, 0) is 44.0 Å². The summed E-state index contributed by atoms with van der Waals surface area (Å²) < 4.78 is 1.96. The summed E-state index contributed by atoms with van der Waals surface area (Å²) in [5, 5.41) is 17.4. The van der Waals surface area contributed by atoms with Gasteiger partial charge in [0.1, 0.15) is 11.6 Å². The Morgan fingerprint density at radius 3 is 3.00 bits per heavy atom. The molecule has 1 aliphatic heterocycles. The molecule has 5 rings (SSSR count). The second-order valence-corrected chi connectivity index (χ2v) is 8.36. The van der Waals surface area contributed by atoms with E-state index in [4.69, 9.17) is 9.97 Å². The maximum Gasteiger partial charge on any atom is 0.236 e. The van der Waals surface area contributed by atoms with E-state index in [9.17, 15) is 5.26 Å². The van der Waals surface area contributed by atoms with Crippen molar-refractivity contribution < 1.29 is 0 Å². The first-order valence-corrected chi connectivity index (χ1v) is 10.9. The standard InChI is InChI=1S/C24H26N8/c1-15-13-26-7-9-31(15)22-11-20-21(14-28-22)32-10-8-27-24(32)30-23(20)29-17(3)19-6-4-5-18(12-25)16(19)2/h4-6,8,10-11,14-15,17,26H,7,9,13H2,1-3H3,(H,27,29,30)/t15-,17+/m0/s1. The quantitative estimate of drug-likeness (QED) is 0.516. The van der Waals surface area contributed by atoms with Crippen LogP contribution in [0.5, 0.6) is 0 Å². The minimum absolute atomic E-state index is 0.0360. The van der Waals surface area contributed by atoms with Crippen molar-refractivity contribution >= 4 is 28.3 Å². The zero-order valence-electron chi connectivity index (χ0n) is 18.5. The Hall–Kier alpha value is -3.70. The number of piperazine rings is 1. The maximum atomic E-state index is 9.42. The van der Waals surface area contributed by atoms with Gasteiger partial charge in [-0.15, -0.1) is 0 Å². The molecule has 0 aliphatic carbocycles. The number of imidazole rings is 1. The predicted octanol–water partition coefficient (Wildman–Crippen LogP) is 3.43. The van der Waals surface area contributed by atoms with Crippen LogP contribution in [0, 0.1) is 18.3 Å². The highest BCUT2D eigenvalue weighted by Crippen LogP contribution is 2.30. The molecule has 8 heteroatoms. The van der Waals surface area contributed by atoms with Gasteiger partial charge in [-0.25, -0.2) is 9.97 Å². The fourth-order valence-corrected chi connectivity index (χ4v) is 4.52. The van der Waals surface area contributed by atoms with E-state index in [1.807, 2.05) is 35.9 Å². The van der Waals surface area contributed by atoms with Crippen LogP contribution in [0.3, 0.4) is 0 Å². The molecule has 0 bridgehead atoms. The molecule has 1 aromatic carbocycles. The van der Waals surface area contributed by atoms with Crippen molar-refractivity contribution in [2.45, 2.75) is 32.9 Å². The summed E-state index contributed by atoms with van der Waals surface area (Å²) in [6.45, 7) is 9.09. The lowest BCUT2D eigenvalue weighted by molar-refractivity contribution is 0.497. The minimum atomic E-state index is -0.0360. The third-order valence-corrected chi connectivity index (χ3v) is 6.33. The first-order valence-electron chi connectivity index (χ1n) is 10.9. The van der Waals surface area contributed by atoms with Gasteiger partial charge in [0.2, 0.25) is 5.78 Å². The Kier molecular flexibility index (Phi) is 5.11. The van der Waals surface area contributed by atoms with Crippen LogP contribution in [-0.2, 0) is 0 Å². The Labute approximate surface area is 186 Å². The third-order valence-electron chi connectivity index (χ3n) is 6.33. The molecule has 1 aliphatic rings. The number of benzene rings is 1. The summed E-state index contributed by atoms with van der Waals surface area (Å²) in [7, 11) is 0. The number of hydrogen-bond acceptors (Lipinski definition) is 7. The number of rotatable bonds is 4. The van der Waals surface area contributed by atoms with E-state index in [1.54, 1.807) is 6.20 Å². The molecule has 1 saturated heterocycles. The van der Waals surface area contributed by atoms with Crippen molar-refractivity contribution in [2.75, 3.05) is 29.9 Å². The fraction of sp³-hybridized carbons (Fsp3) is 0.333. The lowest BCUT2D eigenvalue weighted by Crippen LogP contribution is -2.50. The van der Waals surface area contributed by atoms with Crippen molar-refractivity contribution in [3.8, 4) is 6.07 Å². The van der Waals surface area contributed by atoms with Crippen LogP contribution in [0.15, 0.2) is 42.9 Å². The van der Waals surface area contributed by atoms with Crippen molar-refractivity contribution in [3.05, 3.63) is 59.5 Å². The smallest absolute Gasteiger partial charge is 0.236 e. The number of anilines is 2. The van der Waals surface area contributed by atoms with E-state index in [0.717, 1.165) is 53.3 Å². The van der Waals surface area contributed by atoms with Gasteiger partial charge >= 0.3 is 0 Å². The zero-order chi connectivity index (χ0) is 22.2. The Morgan fingerprint density at radius 1 is 1.31 bits per heavy atom. The van der Waals surface area contributed by atoms with E-state index in [2.05, 4.69) is 52.6 Å². The molecular formula is C24H26N8. The average molecular weight is 427 g/mol. The second kappa shape index (κ2) is 8.09. The first-order chi connectivity index (χ1) is 15.6. The number of aromatic nitrogens is 4. The van der Waals surface area contributed by atoms with E-state index in [1.165, 1.54) is 0 Å². The molecule has 0 radical (unpaired) electrons. The average Bonchev–Trinajstić information content (AvgIpc) is 3.28. The SMILES string of the molecule is Cc1c(C#N)cccc1[C@@H](C)Nc1nc2nccn2c2cnc(N3CCNC[C@@H]3C)cc12. The molecule has 4 heterocycles. The van der Waals surface area contributed by atoms with Gasteiger partial charge in [-0.2, -0.15) is 10.2 Å². The Bertz CT molecular complexity index is 1340. The normalized spacial score (nSPS) is 17.4. The summed E-state index contributed by atoms with van der Waals surface area (Å²) in [6, 6.07) is 10.6. The molecule has 2 N–H and O–H groups in total. The molecule has 162 valence electrons. The molecular weight excluding hydrogens is 400 g/mol. The van der Waals surface area contributed by atoms with Crippen LogP contribution in [-0.4, -0.2) is 45.0 Å². The lowest BCUT2D eigenvalue weighted by atomic mass is 9.98. The van der Waals surface area contributed by atoms with E-state index < -0.39 is 0 Å². The van der Waals surface area contributed by atoms with Crippen LogP contribution in [0.1, 0.15) is 36.6 Å². The lowest BCUT2D eigenvalue weighted by Gasteiger charge is -2.35. The number of nitriles is 1. The zero-order valence-corrected chi connectivity index (χ0v) is 18.5. The van der Waals surface area contributed by atoms with Crippen molar-refractivity contribution in [2.24, 2.45) is 0 Å². The van der Waals surface area contributed by atoms with Gasteiger partial charge in [-0.1, -0.05) is 12.1 Å². The maximum absolute atomic E-state index is 9.42. The van der Waals surface area contributed by atoms with Gasteiger partial charge in [-0.3, -0.25) is 4.40 Å². The topological polar surface area (TPSA) is 94.2 Å². The first kappa shape index (κ1) is 20.2. The number of nitrogens with zero attached hydrogens (tertiary/aromatic N) is 6. The number of nitrogens with one attached hydrogen (secondary N) is 2. The Balaban J connectivity index is 1.60. The molecule has 1 fully saturated rings. The van der Waals surface area contributed by atoms with E-state index in [-0.39, 0.29) is 6.04 Å². The molecule has 2 atom stereocenters. The molecule has 32 heavy (non-hydrogen) atoms. The number of hydrogen-bond donors (Lipinski definition) is 2. The molecule has 4 aromatic rings. The number of pyridine rings is 1. The van der Waals surface area contributed by atoms with Gasteiger partial charge in [0.25, 0.3) is 0 Å². The molecule has 0 saturated carbocycles. The van der Waals surface area contributed by atoms with Crippen LogP contribution in [0.25, 0.3) is 16.7 Å². The van der Waals surface area contributed by atoms with Gasteiger partial charge in [0, 0.05) is 43.5 Å². The van der Waals surface area contributed by atoms with Gasteiger partial charge in [0.05, 0.1) is 29.4 Å². The van der Waals surface area contributed by atoms with Crippen LogP contribution in [0.4, 0.5) is 11.6 Å². The van der Waals surface area contributed by atoms with Crippen LogP contribution >= 0.6 is 0 Å². The van der Waals surface area contributed by atoms with Crippen LogP contribution in [0.2, 0.25) is 0 Å². The van der Waals surface area contributed by atoms with Crippen LogP contribution < -0.4 is 15.5 Å². The fourth-order valence-electron chi connectivity index (χ4n) is 4.52. The highest BCUT2D eigenvalue weighted by molar-refractivity contribution is 5.92. The van der Waals surface area contributed by atoms with E-state index >= 15 is 0 Å². The summed E-state index contributed by atoms with van der Waals surface area (Å²) in [6.07, 6.45) is 5.57.